The number of hydrogen-bond acceptors (Lipinski definition) is 4. The van der Waals surface area contributed by atoms with Gasteiger partial charge in [0.25, 0.3) is 5.56 Å². The van der Waals surface area contributed by atoms with Gasteiger partial charge in [0, 0.05) is 5.02 Å². The topological polar surface area (TPSA) is 78.7 Å². The molecular weight excluding hydrogens is 321 g/mol. The fourth-order valence-electron chi connectivity index (χ4n) is 1.65. The number of H-pyrrole nitrogens is 1. The average molecular weight is 328 g/mol. The molecule has 5 nitrogen and oxygen atoms in total. The first kappa shape index (κ1) is 14.7. The molecule has 1 N–H and O–H groups in total. The lowest BCUT2D eigenvalue weighted by atomic mass is 10.3. The minimum absolute atomic E-state index is 0.136. The number of thioether (sulfide) groups is 1. The number of halogens is 2. The van der Waals surface area contributed by atoms with Gasteiger partial charge in [0.05, 0.1) is 15.7 Å². The first-order chi connectivity index (χ1) is 9.49. The van der Waals surface area contributed by atoms with Gasteiger partial charge in [-0.1, -0.05) is 23.2 Å². The molecule has 20 heavy (non-hydrogen) atoms. The Morgan fingerprint density at radius 3 is 2.60 bits per heavy atom. The van der Waals surface area contributed by atoms with E-state index in [1.54, 1.807) is 12.3 Å². The second-order valence-corrected chi connectivity index (χ2v) is 5.35. The predicted molar refractivity (Wildman–Crippen MR) is 79.2 cm³/mol. The normalized spacial score (nSPS) is 10.3. The van der Waals surface area contributed by atoms with Crippen LogP contribution in [0.1, 0.15) is 5.56 Å². The zero-order valence-corrected chi connectivity index (χ0v) is 12.4. The molecule has 102 valence electrons. The van der Waals surface area contributed by atoms with Crippen LogP contribution >= 0.6 is 35.0 Å². The highest BCUT2D eigenvalue weighted by Crippen LogP contribution is 2.23. The van der Waals surface area contributed by atoms with E-state index in [1.165, 1.54) is 18.2 Å². The number of hydrogen-bond donors (Lipinski definition) is 1. The zero-order valence-electron chi connectivity index (χ0n) is 10.1. The van der Waals surface area contributed by atoms with Crippen molar-refractivity contribution >= 4 is 35.0 Å². The SMILES string of the molecule is CSc1[nH]c(=O)n(-c2ccc(Cl)cc2Cl)c(=O)c1C#N. The molecule has 0 saturated carbocycles. The third-order valence-corrected chi connectivity index (χ3v) is 3.79. The number of nitrogens with one attached hydrogen (secondary N) is 1. The molecule has 0 aliphatic carbocycles. The summed E-state index contributed by atoms with van der Waals surface area (Å²) in [4.78, 5) is 26.8. The van der Waals surface area contributed by atoms with Crippen molar-refractivity contribution in [2.24, 2.45) is 0 Å². The van der Waals surface area contributed by atoms with Crippen molar-refractivity contribution in [3.8, 4) is 11.8 Å². The van der Waals surface area contributed by atoms with E-state index in [-0.39, 0.29) is 21.3 Å². The monoisotopic (exact) mass is 327 g/mol. The number of aromatic amines is 1. The zero-order chi connectivity index (χ0) is 14.9. The van der Waals surface area contributed by atoms with E-state index in [4.69, 9.17) is 28.5 Å². The molecule has 0 aliphatic heterocycles. The molecule has 1 aromatic carbocycles. The highest BCUT2D eigenvalue weighted by molar-refractivity contribution is 7.98. The van der Waals surface area contributed by atoms with Crippen molar-refractivity contribution < 1.29 is 0 Å². The van der Waals surface area contributed by atoms with Gasteiger partial charge in [0.2, 0.25) is 0 Å². The van der Waals surface area contributed by atoms with Gasteiger partial charge in [-0.2, -0.15) is 5.26 Å². The molecule has 0 amide bonds. The van der Waals surface area contributed by atoms with Crippen LogP contribution in [-0.2, 0) is 0 Å². The summed E-state index contributed by atoms with van der Waals surface area (Å²) in [6, 6.07) is 6.15. The van der Waals surface area contributed by atoms with Crippen LogP contribution in [0.3, 0.4) is 0 Å². The Morgan fingerprint density at radius 2 is 2.05 bits per heavy atom. The Kier molecular flexibility index (Phi) is 4.23. The molecule has 2 aromatic rings. The van der Waals surface area contributed by atoms with Gasteiger partial charge in [-0.25, -0.2) is 9.36 Å². The quantitative estimate of drug-likeness (QED) is 0.678. The molecule has 1 heterocycles. The van der Waals surface area contributed by atoms with Crippen molar-refractivity contribution in [3.63, 3.8) is 0 Å². The molecule has 8 heteroatoms. The largest absolute Gasteiger partial charge is 0.333 e. The van der Waals surface area contributed by atoms with Crippen molar-refractivity contribution in [2.45, 2.75) is 5.03 Å². The van der Waals surface area contributed by atoms with Gasteiger partial charge < -0.3 is 4.98 Å². The molecule has 0 atom stereocenters. The Balaban J connectivity index is 2.86. The van der Waals surface area contributed by atoms with Crippen LogP contribution in [-0.4, -0.2) is 15.8 Å². The number of aromatic nitrogens is 2. The standard InChI is InChI=1S/C12H7Cl2N3O2S/c1-20-10-7(5-15)11(18)17(12(19)16-10)9-3-2-6(13)4-8(9)14/h2-4H,1H3,(H,16,19). The summed E-state index contributed by atoms with van der Waals surface area (Å²) in [7, 11) is 0. The van der Waals surface area contributed by atoms with Crippen molar-refractivity contribution in [1.29, 1.82) is 5.26 Å². The number of nitriles is 1. The second kappa shape index (κ2) is 5.75. The van der Waals surface area contributed by atoms with Crippen molar-refractivity contribution in [3.05, 3.63) is 54.6 Å². The van der Waals surface area contributed by atoms with E-state index in [1.807, 2.05) is 0 Å². The molecule has 0 fully saturated rings. The molecule has 0 saturated heterocycles. The fourth-order valence-corrected chi connectivity index (χ4v) is 2.67. The van der Waals surface area contributed by atoms with Gasteiger partial charge in [-0.3, -0.25) is 4.79 Å². The fraction of sp³-hybridized carbons (Fsp3) is 0.0833. The average Bonchev–Trinajstić information content (AvgIpc) is 2.40. The number of nitrogens with zero attached hydrogens (tertiary/aromatic N) is 2. The van der Waals surface area contributed by atoms with Gasteiger partial charge in [-0.05, 0) is 24.5 Å². The minimum atomic E-state index is -0.718. The second-order valence-electron chi connectivity index (χ2n) is 3.69. The molecular formula is C12H7Cl2N3O2S. The van der Waals surface area contributed by atoms with E-state index < -0.39 is 11.2 Å². The maximum atomic E-state index is 12.3. The van der Waals surface area contributed by atoms with E-state index in [0.717, 1.165) is 16.3 Å². The van der Waals surface area contributed by atoms with Crippen molar-refractivity contribution in [2.75, 3.05) is 6.26 Å². The van der Waals surface area contributed by atoms with Gasteiger partial charge in [0.15, 0.2) is 0 Å². The maximum Gasteiger partial charge on any atom is 0.333 e. The van der Waals surface area contributed by atoms with Crippen LogP contribution < -0.4 is 11.2 Å². The summed E-state index contributed by atoms with van der Waals surface area (Å²) in [6.07, 6.45) is 1.66. The molecule has 1 aromatic heterocycles. The van der Waals surface area contributed by atoms with Crippen molar-refractivity contribution in [1.82, 2.24) is 9.55 Å². The molecule has 0 bridgehead atoms. The molecule has 0 spiro atoms. The van der Waals surface area contributed by atoms with Crippen LogP contribution in [0.15, 0.2) is 32.8 Å². The van der Waals surface area contributed by atoms with Gasteiger partial charge in [-0.15, -0.1) is 11.8 Å². The van der Waals surface area contributed by atoms with Crippen LogP contribution in [0.25, 0.3) is 5.69 Å². The van der Waals surface area contributed by atoms with E-state index >= 15 is 0 Å². The Hall–Kier alpha value is -1.68. The van der Waals surface area contributed by atoms with E-state index in [2.05, 4.69) is 4.98 Å². The summed E-state index contributed by atoms with van der Waals surface area (Å²) < 4.78 is 0.816. The Labute approximate surface area is 127 Å². The highest BCUT2D eigenvalue weighted by Gasteiger charge is 2.16. The lowest BCUT2D eigenvalue weighted by molar-refractivity contribution is 0.824. The minimum Gasteiger partial charge on any atom is -0.300 e. The smallest absolute Gasteiger partial charge is 0.300 e. The van der Waals surface area contributed by atoms with E-state index in [9.17, 15) is 9.59 Å². The molecule has 0 aliphatic rings. The summed E-state index contributed by atoms with van der Waals surface area (Å²) in [5, 5.41) is 9.80. The first-order valence-corrected chi connectivity index (χ1v) is 7.26. The maximum absolute atomic E-state index is 12.3. The lowest BCUT2D eigenvalue weighted by Gasteiger charge is -2.09. The van der Waals surface area contributed by atoms with Crippen LogP contribution in [0, 0.1) is 11.3 Å². The van der Waals surface area contributed by atoms with Crippen LogP contribution in [0.2, 0.25) is 10.0 Å². The highest BCUT2D eigenvalue weighted by atomic mass is 35.5. The Morgan fingerprint density at radius 1 is 1.35 bits per heavy atom. The number of benzene rings is 1. The summed E-state index contributed by atoms with van der Waals surface area (Å²) in [6.45, 7) is 0. The predicted octanol–water partition coefficient (Wildman–Crippen LogP) is 2.43. The Bertz CT molecular complexity index is 836. The summed E-state index contributed by atoms with van der Waals surface area (Å²) in [5.74, 6) is 0. The summed E-state index contributed by atoms with van der Waals surface area (Å²) in [5.41, 5.74) is -1.35. The number of rotatable bonds is 2. The van der Waals surface area contributed by atoms with Crippen LogP contribution in [0.5, 0.6) is 0 Å². The third kappa shape index (κ3) is 2.48. The molecule has 0 radical (unpaired) electrons. The summed E-state index contributed by atoms with van der Waals surface area (Å²) >= 11 is 12.9. The molecule has 0 unspecified atom stereocenters. The van der Waals surface area contributed by atoms with Gasteiger partial charge >= 0.3 is 5.69 Å². The third-order valence-electron chi connectivity index (χ3n) is 2.53. The van der Waals surface area contributed by atoms with E-state index in [0.29, 0.717) is 5.02 Å². The van der Waals surface area contributed by atoms with Gasteiger partial charge in [0.1, 0.15) is 11.6 Å². The lowest BCUT2D eigenvalue weighted by Crippen LogP contribution is -2.36. The molecule has 2 rings (SSSR count). The van der Waals surface area contributed by atoms with Crippen LogP contribution in [0.4, 0.5) is 0 Å². The first-order valence-electron chi connectivity index (χ1n) is 5.28.